The van der Waals surface area contributed by atoms with E-state index in [1.165, 1.54) is 5.75 Å². The van der Waals surface area contributed by atoms with Gasteiger partial charge in [0.2, 0.25) is 0 Å². The first-order valence-electron chi connectivity index (χ1n) is 3.74. The third-order valence-corrected chi connectivity index (χ3v) is 2.81. The molecule has 0 nitrogen and oxygen atoms in total. The van der Waals surface area contributed by atoms with E-state index in [1.54, 1.807) is 0 Å². The number of rotatable bonds is 3. The fourth-order valence-corrected chi connectivity index (χ4v) is 2.86. The molecular weight excluding hydrogens is 140 g/mol. The molecule has 0 aliphatic rings. The maximum absolute atomic E-state index is 2.37. The zero-order valence-corrected chi connectivity index (χ0v) is 8.66. The summed E-state index contributed by atoms with van der Waals surface area (Å²) in [5, 5.41) is 0. The molecule has 1 unspecified atom stereocenters. The topological polar surface area (TPSA) is 0 Å². The molecule has 10 heavy (non-hydrogen) atoms. The van der Waals surface area contributed by atoms with Crippen LogP contribution in [0.5, 0.6) is 0 Å². The zero-order valence-electron chi connectivity index (χ0n) is 7.85. The van der Waals surface area contributed by atoms with Crippen LogP contribution in [-0.2, 0) is 0 Å². The lowest BCUT2D eigenvalue weighted by molar-refractivity contribution is 0.841. The van der Waals surface area contributed by atoms with E-state index in [4.69, 9.17) is 0 Å². The first-order chi connectivity index (χ1) is 4.45. The summed E-state index contributed by atoms with van der Waals surface area (Å²) in [6.07, 6.45) is 11.5. The van der Waals surface area contributed by atoms with E-state index in [1.807, 2.05) is 0 Å². The molecule has 0 aromatic rings. The molecule has 0 saturated heterocycles. The Balaban J connectivity index is 3.68. The smallest absolute Gasteiger partial charge is 0.0175 e. The summed E-state index contributed by atoms with van der Waals surface area (Å²) in [5.41, 5.74) is 0. The second-order valence-electron chi connectivity index (χ2n) is 3.76. The van der Waals surface area contributed by atoms with Crippen molar-refractivity contribution < 1.29 is 0 Å². The molecule has 0 aromatic carbocycles. The van der Waals surface area contributed by atoms with E-state index in [2.05, 4.69) is 44.8 Å². The molecule has 0 aliphatic heterocycles. The lowest BCUT2D eigenvalue weighted by Crippen LogP contribution is -2.05. The highest BCUT2D eigenvalue weighted by Gasteiger charge is 2.06. The second kappa shape index (κ2) is 4.07. The summed E-state index contributed by atoms with van der Waals surface area (Å²) >= 11 is 0. The molecular formula is C9H20S. The SMILES string of the molecule is CC=CC(C)CS(C)(C)C. The van der Waals surface area contributed by atoms with Crippen molar-refractivity contribution in [2.24, 2.45) is 5.92 Å². The van der Waals surface area contributed by atoms with E-state index in [9.17, 15) is 0 Å². The summed E-state index contributed by atoms with van der Waals surface area (Å²) in [5.74, 6) is 2.12. The van der Waals surface area contributed by atoms with Crippen LogP contribution in [-0.4, -0.2) is 24.5 Å². The van der Waals surface area contributed by atoms with Crippen molar-refractivity contribution >= 4 is 10.0 Å². The van der Waals surface area contributed by atoms with Crippen molar-refractivity contribution in [3.63, 3.8) is 0 Å². The molecule has 1 heteroatoms. The molecule has 0 aromatic heterocycles. The highest BCUT2D eigenvalue weighted by Crippen LogP contribution is 2.36. The summed E-state index contributed by atoms with van der Waals surface area (Å²) < 4.78 is 0. The van der Waals surface area contributed by atoms with E-state index in [0.29, 0.717) is 0 Å². The van der Waals surface area contributed by atoms with E-state index >= 15 is 0 Å². The van der Waals surface area contributed by atoms with Crippen LogP contribution in [0.25, 0.3) is 0 Å². The molecule has 1 atom stereocenters. The van der Waals surface area contributed by atoms with Crippen LogP contribution < -0.4 is 0 Å². The summed E-state index contributed by atoms with van der Waals surface area (Å²) in [7, 11) is -0.297. The van der Waals surface area contributed by atoms with E-state index < -0.39 is 0 Å². The Bertz CT molecular complexity index is 108. The molecule has 0 N–H and O–H groups in total. The van der Waals surface area contributed by atoms with Crippen molar-refractivity contribution in [3.05, 3.63) is 12.2 Å². The number of hydrogen-bond acceptors (Lipinski definition) is 0. The lowest BCUT2D eigenvalue weighted by Gasteiger charge is -2.27. The Kier molecular flexibility index (Phi) is 4.11. The Morgan fingerprint density at radius 1 is 1.30 bits per heavy atom. The van der Waals surface area contributed by atoms with Gasteiger partial charge >= 0.3 is 0 Å². The molecule has 62 valence electrons. The van der Waals surface area contributed by atoms with Gasteiger partial charge in [0.25, 0.3) is 0 Å². The summed E-state index contributed by atoms with van der Waals surface area (Å²) in [4.78, 5) is 0. The molecule has 0 amide bonds. The van der Waals surface area contributed by atoms with Crippen LogP contribution in [0.2, 0.25) is 0 Å². The van der Waals surface area contributed by atoms with Crippen LogP contribution >= 0.6 is 10.0 Å². The Morgan fingerprint density at radius 3 is 2.10 bits per heavy atom. The van der Waals surface area contributed by atoms with E-state index in [0.717, 1.165) is 5.92 Å². The predicted octanol–water partition coefficient (Wildman–Crippen LogP) is 2.89. The van der Waals surface area contributed by atoms with Crippen molar-refractivity contribution in [3.8, 4) is 0 Å². The van der Waals surface area contributed by atoms with Crippen LogP contribution in [0.3, 0.4) is 0 Å². The average Bonchev–Trinajstić information content (AvgIpc) is 1.59. The van der Waals surface area contributed by atoms with Gasteiger partial charge in [-0.2, -0.15) is 0 Å². The molecule has 0 heterocycles. The minimum Gasteiger partial charge on any atom is -0.249 e. The van der Waals surface area contributed by atoms with E-state index in [-0.39, 0.29) is 10.0 Å². The summed E-state index contributed by atoms with van der Waals surface area (Å²) in [6.45, 7) is 4.38. The van der Waals surface area contributed by atoms with Gasteiger partial charge in [0.15, 0.2) is 0 Å². The normalized spacial score (nSPS) is 17.7. The van der Waals surface area contributed by atoms with Crippen molar-refractivity contribution in [2.75, 3.05) is 24.5 Å². The van der Waals surface area contributed by atoms with Crippen molar-refractivity contribution in [1.29, 1.82) is 0 Å². The largest absolute Gasteiger partial charge is 0.249 e. The first kappa shape index (κ1) is 10.1. The minimum atomic E-state index is -0.297. The van der Waals surface area contributed by atoms with Crippen LogP contribution in [0.15, 0.2) is 12.2 Å². The molecule has 0 radical (unpaired) electrons. The zero-order chi connectivity index (χ0) is 8.20. The van der Waals surface area contributed by atoms with Crippen LogP contribution in [0.4, 0.5) is 0 Å². The number of allylic oxidation sites excluding steroid dienone is 2. The second-order valence-corrected chi connectivity index (χ2v) is 8.28. The van der Waals surface area contributed by atoms with Crippen LogP contribution in [0, 0.1) is 5.92 Å². The standard InChI is InChI=1S/C9H20S/c1-6-7-9(2)8-10(3,4)5/h6-7,9H,8H2,1-5H3. The van der Waals surface area contributed by atoms with Gasteiger partial charge in [-0.3, -0.25) is 0 Å². The van der Waals surface area contributed by atoms with Crippen molar-refractivity contribution in [2.45, 2.75) is 13.8 Å². The fraction of sp³-hybridized carbons (Fsp3) is 0.778. The predicted molar refractivity (Wildman–Crippen MR) is 54.2 cm³/mol. The highest BCUT2D eigenvalue weighted by molar-refractivity contribution is 8.32. The van der Waals surface area contributed by atoms with Gasteiger partial charge in [-0.1, -0.05) is 19.1 Å². The Labute approximate surface area is 67.0 Å². The number of hydrogen-bond donors (Lipinski definition) is 0. The third-order valence-electron chi connectivity index (χ3n) is 1.28. The van der Waals surface area contributed by atoms with Crippen molar-refractivity contribution in [1.82, 2.24) is 0 Å². The molecule has 0 rings (SSSR count). The molecule has 0 saturated carbocycles. The van der Waals surface area contributed by atoms with Gasteiger partial charge in [-0.25, -0.2) is 10.0 Å². The summed E-state index contributed by atoms with van der Waals surface area (Å²) in [6, 6.07) is 0. The first-order valence-corrected chi connectivity index (χ1v) is 6.77. The third kappa shape index (κ3) is 6.21. The van der Waals surface area contributed by atoms with Gasteiger partial charge < -0.3 is 0 Å². The minimum absolute atomic E-state index is 0.297. The van der Waals surface area contributed by atoms with Gasteiger partial charge in [-0.15, -0.1) is 0 Å². The molecule has 0 aliphatic carbocycles. The Hall–Kier alpha value is 0.0900. The molecule has 0 bridgehead atoms. The van der Waals surface area contributed by atoms with Gasteiger partial charge in [-0.05, 0) is 37.4 Å². The highest BCUT2D eigenvalue weighted by atomic mass is 32.3. The average molecular weight is 160 g/mol. The maximum atomic E-state index is 2.37. The molecule has 0 spiro atoms. The molecule has 0 fully saturated rings. The van der Waals surface area contributed by atoms with Gasteiger partial charge in [0.05, 0.1) is 0 Å². The monoisotopic (exact) mass is 160 g/mol. The maximum Gasteiger partial charge on any atom is -0.0175 e. The fourth-order valence-electron chi connectivity index (χ4n) is 1.17. The van der Waals surface area contributed by atoms with Gasteiger partial charge in [0.1, 0.15) is 0 Å². The van der Waals surface area contributed by atoms with Gasteiger partial charge in [0, 0.05) is 0 Å². The lowest BCUT2D eigenvalue weighted by atomic mass is 10.2. The quantitative estimate of drug-likeness (QED) is 0.557. The van der Waals surface area contributed by atoms with Crippen LogP contribution in [0.1, 0.15) is 13.8 Å². The Morgan fingerprint density at radius 2 is 1.80 bits per heavy atom.